The molecule has 0 saturated carbocycles. The largest absolute Gasteiger partial charge is 0.472 e. The highest BCUT2D eigenvalue weighted by Gasteiger charge is 2.17. The van der Waals surface area contributed by atoms with Crippen LogP contribution in [0, 0.1) is 0 Å². The molecule has 0 spiro atoms. The molecule has 0 bridgehead atoms. The normalized spacial score (nSPS) is 21.7. The van der Waals surface area contributed by atoms with E-state index in [1.807, 2.05) is 0 Å². The number of hydrogen-bond donors (Lipinski definition) is 1. The fourth-order valence-electron chi connectivity index (χ4n) is 1.20. The number of aromatic nitrogens is 2. The highest BCUT2D eigenvalue weighted by atomic mass is 16.5. The third kappa shape index (κ3) is 2.06. The van der Waals surface area contributed by atoms with Crippen LogP contribution in [-0.4, -0.2) is 29.3 Å². The van der Waals surface area contributed by atoms with Gasteiger partial charge in [0.25, 0.3) is 0 Å². The zero-order valence-corrected chi connectivity index (χ0v) is 7.14. The summed E-state index contributed by atoms with van der Waals surface area (Å²) >= 11 is 0. The smallest absolute Gasteiger partial charge is 0.223 e. The maximum absolute atomic E-state index is 5.50. The van der Waals surface area contributed by atoms with Crippen LogP contribution in [-0.2, 0) is 4.74 Å². The molecule has 0 unspecified atom stereocenters. The molecule has 5 heteroatoms. The number of rotatable bonds is 2. The first-order valence-electron chi connectivity index (χ1n) is 4.17. The fourth-order valence-corrected chi connectivity index (χ4v) is 1.20. The maximum Gasteiger partial charge on any atom is 0.223 e. The summed E-state index contributed by atoms with van der Waals surface area (Å²) in [7, 11) is 0. The van der Waals surface area contributed by atoms with Crippen LogP contribution in [0.15, 0.2) is 12.3 Å². The Morgan fingerprint density at radius 1 is 1.62 bits per heavy atom. The van der Waals surface area contributed by atoms with Crippen molar-refractivity contribution in [2.45, 2.75) is 12.5 Å². The molecule has 5 nitrogen and oxygen atoms in total. The van der Waals surface area contributed by atoms with E-state index >= 15 is 0 Å². The maximum atomic E-state index is 5.50. The van der Waals surface area contributed by atoms with Crippen molar-refractivity contribution >= 4 is 5.95 Å². The van der Waals surface area contributed by atoms with Crippen molar-refractivity contribution in [2.24, 2.45) is 0 Å². The van der Waals surface area contributed by atoms with Crippen molar-refractivity contribution < 1.29 is 9.47 Å². The van der Waals surface area contributed by atoms with E-state index in [4.69, 9.17) is 15.2 Å². The van der Waals surface area contributed by atoms with Crippen LogP contribution >= 0.6 is 0 Å². The Hall–Kier alpha value is -1.36. The summed E-state index contributed by atoms with van der Waals surface area (Å²) in [5, 5.41) is 0. The minimum atomic E-state index is 0.106. The molecule has 0 amide bonds. The van der Waals surface area contributed by atoms with E-state index in [1.54, 1.807) is 12.3 Å². The van der Waals surface area contributed by atoms with Crippen LogP contribution in [0.1, 0.15) is 6.42 Å². The first kappa shape index (κ1) is 8.25. The van der Waals surface area contributed by atoms with Crippen molar-refractivity contribution in [3.8, 4) is 5.88 Å². The Bertz CT molecular complexity index is 286. The third-order valence-electron chi connectivity index (χ3n) is 1.82. The molecule has 1 aliphatic rings. The molecule has 2 heterocycles. The number of hydrogen-bond acceptors (Lipinski definition) is 5. The molecule has 1 atom stereocenters. The van der Waals surface area contributed by atoms with Crippen LogP contribution in [0.5, 0.6) is 5.88 Å². The molecule has 1 saturated heterocycles. The van der Waals surface area contributed by atoms with Gasteiger partial charge >= 0.3 is 0 Å². The summed E-state index contributed by atoms with van der Waals surface area (Å²) < 4.78 is 10.7. The van der Waals surface area contributed by atoms with Gasteiger partial charge in [-0.15, -0.1) is 0 Å². The van der Waals surface area contributed by atoms with Crippen LogP contribution in [0.4, 0.5) is 5.95 Å². The molecular formula is C8H11N3O2. The molecule has 2 rings (SSSR count). The van der Waals surface area contributed by atoms with E-state index in [2.05, 4.69) is 9.97 Å². The number of ether oxygens (including phenoxy) is 2. The van der Waals surface area contributed by atoms with Gasteiger partial charge in [0.15, 0.2) is 0 Å². The van der Waals surface area contributed by atoms with Gasteiger partial charge < -0.3 is 15.2 Å². The van der Waals surface area contributed by atoms with Gasteiger partial charge in [-0.05, 0) is 0 Å². The van der Waals surface area contributed by atoms with E-state index in [9.17, 15) is 0 Å². The van der Waals surface area contributed by atoms with E-state index in [-0.39, 0.29) is 12.1 Å². The van der Waals surface area contributed by atoms with Gasteiger partial charge in [0, 0.05) is 18.7 Å². The van der Waals surface area contributed by atoms with Crippen molar-refractivity contribution in [3.63, 3.8) is 0 Å². The zero-order valence-electron chi connectivity index (χ0n) is 7.14. The highest BCUT2D eigenvalue weighted by molar-refractivity contribution is 5.20. The monoisotopic (exact) mass is 181 g/mol. The zero-order chi connectivity index (χ0) is 9.10. The van der Waals surface area contributed by atoms with Crippen LogP contribution in [0.3, 0.4) is 0 Å². The Labute approximate surface area is 75.9 Å². The molecule has 0 aliphatic carbocycles. The summed E-state index contributed by atoms with van der Waals surface area (Å²) in [6.07, 6.45) is 2.59. The van der Waals surface area contributed by atoms with Crippen LogP contribution in [0.2, 0.25) is 0 Å². The minimum Gasteiger partial charge on any atom is -0.472 e. The van der Waals surface area contributed by atoms with Crippen molar-refractivity contribution in [2.75, 3.05) is 18.9 Å². The predicted octanol–water partition coefficient (Wildman–Crippen LogP) is 0.226. The average Bonchev–Trinajstić information content (AvgIpc) is 2.57. The minimum absolute atomic E-state index is 0.106. The van der Waals surface area contributed by atoms with Gasteiger partial charge in [-0.25, -0.2) is 4.98 Å². The second-order valence-corrected chi connectivity index (χ2v) is 2.86. The Kier molecular flexibility index (Phi) is 2.27. The molecule has 1 aliphatic heterocycles. The number of anilines is 1. The number of nitrogens with two attached hydrogens (primary N) is 1. The summed E-state index contributed by atoms with van der Waals surface area (Å²) in [4.78, 5) is 7.70. The summed E-state index contributed by atoms with van der Waals surface area (Å²) in [6, 6.07) is 1.69. The molecule has 1 aromatic rings. The lowest BCUT2D eigenvalue weighted by Gasteiger charge is -2.09. The molecule has 70 valence electrons. The highest BCUT2D eigenvalue weighted by Crippen LogP contribution is 2.13. The molecule has 1 fully saturated rings. The van der Waals surface area contributed by atoms with E-state index < -0.39 is 0 Å². The SMILES string of the molecule is Nc1nccc(O[C@@H]2CCOC2)n1. The van der Waals surface area contributed by atoms with Gasteiger partial charge in [0.05, 0.1) is 13.2 Å². The Morgan fingerprint density at radius 2 is 2.54 bits per heavy atom. The van der Waals surface area contributed by atoms with Crippen LogP contribution < -0.4 is 10.5 Å². The first-order valence-corrected chi connectivity index (χ1v) is 4.17. The van der Waals surface area contributed by atoms with Crippen molar-refractivity contribution in [1.82, 2.24) is 9.97 Å². The second kappa shape index (κ2) is 3.57. The molecule has 13 heavy (non-hydrogen) atoms. The topological polar surface area (TPSA) is 70.3 Å². The molecule has 0 radical (unpaired) electrons. The third-order valence-corrected chi connectivity index (χ3v) is 1.82. The standard InChI is InChI=1S/C8H11N3O2/c9-8-10-3-1-7(11-8)13-6-2-4-12-5-6/h1,3,6H,2,4-5H2,(H2,9,10,11)/t6-/m1/s1. The molecule has 0 aromatic carbocycles. The second-order valence-electron chi connectivity index (χ2n) is 2.86. The summed E-state index contributed by atoms with van der Waals surface area (Å²) in [5.41, 5.74) is 5.40. The lowest BCUT2D eigenvalue weighted by atomic mass is 10.3. The van der Waals surface area contributed by atoms with E-state index in [0.29, 0.717) is 12.5 Å². The number of nitrogens with zero attached hydrogens (tertiary/aromatic N) is 2. The lowest BCUT2D eigenvalue weighted by Crippen LogP contribution is -2.16. The number of nitrogen functional groups attached to an aromatic ring is 1. The Morgan fingerprint density at radius 3 is 3.23 bits per heavy atom. The fraction of sp³-hybridized carbons (Fsp3) is 0.500. The molecular weight excluding hydrogens is 170 g/mol. The van der Waals surface area contributed by atoms with Gasteiger partial charge in [0.1, 0.15) is 6.10 Å². The van der Waals surface area contributed by atoms with Crippen molar-refractivity contribution in [1.29, 1.82) is 0 Å². The average molecular weight is 181 g/mol. The van der Waals surface area contributed by atoms with Gasteiger partial charge in [-0.3, -0.25) is 0 Å². The summed E-state index contributed by atoms with van der Waals surface area (Å²) in [5.74, 6) is 0.749. The Balaban J connectivity index is 2.00. The van der Waals surface area contributed by atoms with E-state index in [1.165, 1.54) is 0 Å². The molecule has 2 N–H and O–H groups in total. The van der Waals surface area contributed by atoms with E-state index in [0.717, 1.165) is 13.0 Å². The van der Waals surface area contributed by atoms with Gasteiger partial charge in [-0.1, -0.05) is 0 Å². The van der Waals surface area contributed by atoms with Crippen LogP contribution in [0.25, 0.3) is 0 Å². The molecule has 1 aromatic heterocycles. The lowest BCUT2D eigenvalue weighted by molar-refractivity contribution is 0.138. The first-order chi connectivity index (χ1) is 6.34. The predicted molar refractivity (Wildman–Crippen MR) is 46.3 cm³/mol. The van der Waals surface area contributed by atoms with Gasteiger partial charge in [0.2, 0.25) is 11.8 Å². The quantitative estimate of drug-likeness (QED) is 0.707. The summed E-state index contributed by atoms with van der Waals surface area (Å²) in [6.45, 7) is 1.38. The van der Waals surface area contributed by atoms with Crippen molar-refractivity contribution in [3.05, 3.63) is 12.3 Å². The van der Waals surface area contributed by atoms with Gasteiger partial charge in [-0.2, -0.15) is 4.98 Å².